The quantitative estimate of drug-likeness (QED) is 0.400. The van der Waals surface area contributed by atoms with Gasteiger partial charge in [-0.15, -0.1) is 0 Å². The Hall–Kier alpha value is -1.84. The number of hydrogen-bond acceptors (Lipinski definition) is 0. The smallest absolute Gasteiger partial charge is 0.167 e. The summed E-state index contributed by atoms with van der Waals surface area (Å²) in [4.78, 5) is 0. The van der Waals surface area contributed by atoms with Crippen molar-refractivity contribution in [3.8, 4) is 11.1 Å². The first-order valence-corrected chi connectivity index (χ1v) is 9.68. The molecule has 0 radical (unpaired) electrons. The molecule has 4 heteroatoms. The minimum absolute atomic E-state index is 0.115. The van der Waals surface area contributed by atoms with Crippen LogP contribution in [0.25, 0.3) is 11.1 Å². The van der Waals surface area contributed by atoms with Gasteiger partial charge in [0.2, 0.25) is 0 Å². The van der Waals surface area contributed by atoms with Crippen LogP contribution in [-0.2, 0) is 12.8 Å². The van der Waals surface area contributed by atoms with Gasteiger partial charge in [-0.1, -0.05) is 45.7 Å². The third kappa shape index (κ3) is 3.76. The van der Waals surface area contributed by atoms with Crippen molar-refractivity contribution in [2.24, 2.45) is 11.8 Å². The van der Waals surface area contributed by atoms with Crippen LogP contribution in [0, 0.1) is 42.0 Å². The second-order valence-electron chi connectivity index (χ2n) is 8.35. The second-order valence-corrected chi connectivity index (χ2v) is 8.35. The lowest BCUT2D eigenvalue weighted by molar-refractivity contribution is 0.423. The molecule has 0 aliphatic heterocycles. The fourth-order valence-corrected chi connectivity index (χ4v) is 3.93. The van der Waals surface area contributed by atoms with Crippen molar-refractivity contribution in [2.45, 2.75) is 59.8 Å². The van der Waals surface area contributed by atoms with Crippen molar-refractivity contribution in [3.05, 3.63) is 57.7 Å². The van der Waals surface area contributed by atoms with Crippen LogP contribution < -0.4 is 0 Å². The van der Waals surface area contributed by atoms with Crippen molar-refractivity contribution < 1.29 is 17.6 Å². The monoisotopic (exact) mass is 378 g/mol. The van der Waals surface area contributed by atoms with E-state index in [-0.39, 0.29) is 16.7 Å². The highest BCUT2D eigenvalue weighted by Crippen LogP contribution is 2.43. The molecule has 1 aliphatic rings. The minimum Gasteiger partial charge on any atom is -0.203 e. The molecule has 27 heavy (non-hydrogen) atoms. The summed E-state index contributed by atoms with van der Waals surface area (Å²) < 4.78 is 57.7. The van der Waals surface area contributed by atoms with Gasteiger partial charge in [-0.3, -0.25) is 0 Å². The van der Waals surface area contributed by atoms with E-state index in [0.717, 1.165) is 19.3 Å². The van der Waals surface area contributed by atoms with E-state index < -0.39 is 23.3 Å². The van der Waals surface area contributed by atoms with Gasteiger partial charge in [0.15, 0.2) is 23.3 Å². The standard InChI is InChI=1S/C23H26F4/c1-12(2)5-6-13(3)7-8-15-10-17-11-16-9-14(4)20(24)22(26)18(16)19(17)23(27)21(15)25/h9-10,12-13H,5-8,11H2,1-4H3. The van der Waals surface area contributed by atoms with Gasteiger partial charge in [0.1, 0.15) is 0 Å². The van der Waals surface area contributed by atoms with Crippen LogP contribution >= 0.6 is 0 Å². The molecule has 1 unspecified atom stereocenters. The lowest BCUT2D eigenvalue weighted by Gasteiger charge is -2.14. The van der Waals surface area contributed by atoms with Crippen molar-refractivity contribution in [2.75, 3.05) is 0 Å². The van der Waals surface area contributed by atoms with E-state index >= 15 is 0 Å². The molecule has 0 spiro atoms. The summed E-state index contributed by atoms with van der Waals surface area (Å²) >= 11 is 0. The average Bonchev–Trinajstić information content (AvgIpc) is 2.97. The zero-order valence-corrected chi connectivity index (χ0v) is 16.4. The first-order valence-electron chi connectivity index (χ1n) is 9.68. The summed E-state index contributed by atoms with van der Waals surface area (Å²) in [6.07, 6.45) is 3.69. The van der Waals surface area contributed by atoms with E-state index in [1.54, 1.807) is 6.07 Å². The molecule has 1 aliphatic carbocycles. The third-order valence-electron chi connectivity index (χ3n) is 5.61. The SMILES string of the molecule is Cc1cc2c(c(F)c1F)-c1c(cc(CCC(C)CCC(C)C)c(F)c1F)C2. The molecule has 0 aromatic heterocycles. The van der Waals surface area contributed by atoms with Gasteiger partial charge in [-0.25, -0.2) is 17.6 Å². The van der Waals surface area contributed by atoms with Crippen LogP contribution in [0.4, 0.5) is 17.6 Å². The Labute approximate surface area is 158 Å². The minimum atomic E-state index is -1.09. The summed E-state index contributed by atoms with van der Waals surface area (Å²) in [6.45, 7) is 7.94. The molecule has 3 rings (SSSR count). The Kier molecular flexibility index (Phi) is 5.64. The Morgan fingerprint density at radius 3 is 2.00 bits per heavy atom. The fourth-order valence-electron chi connectivity index (χ4n) is 3.93. The summed E-state index contributed by atoms with van der Waals surface area (Å²) in [7, 11) is 0. The first kappa shape index (κ1) is 19.9. The van der Waals surface area contributed by atoms with E-state index in [1.165, 1.54) is 13.0 Å². The molecule has 0 saturated carbocycles. The van der Waals surface area contributed by atoms with Gasteiger partial charge in [-0.05, 0) is 60.3 Å². The van der Waals surface area contributed by atoms with Crippen LogP contribution in [0.3, 0.4) is 0 Å². The Bertz CT molecular complexity index is 868. The molecule has 2 aromatic rings. The molecule has 0 fully saturated rings. The van der Waals surface area contributed by atoms with E-state index in [4.69, 9.17) is 0 Å². The van der Waals surface area contributed by atoms with Crippen LogP contribution in [0.5, 0.6) is 0 Å². The highest BCUT2D eigenvalue weighted by atomic mass is 19.2. The van der Waals surface area contributed by atoms with E-state index in [9.17, 15) is 17.6 Å². The summed E-state index contributed by atoms with van der Waals surface area (Å²) in [6, 6.07) is 3.16. The number of fused-ring (bicyclic) bond motifs is 3. The maximum absolute atomic E-state index is 14.8. The molecular formula is C23H26F4. The number of benzene rings is 2. The molecule has 0 saturated heterocycles. The topological polar surface area (TPSA) is 0 Å². The normalized spacial score (nSPS) is 13.8. The highest BCUT2D eigenvalue weighted by Gasteiger charge is 2.31. The molecule has 2 aromatic carbocycles. The Balaban J connectivity index is 1.88. The molecule has 0 nitrogen and oxygen atoms in total. The van der Waals surface area contributed by atoms with Crippen molar-refractivity contribution in [3.63, 3.8) is 0 Å². The number of aryl methyl sites for hydroxylation is 2. The van der Waals surface area contributed by atoms with Gasteiger partial charge in [0.05, 0.1) is 0 Å². The van der Waals surface area contributed by atoms with Crippen molar-refractivity contribution in [1.29, 1.82) is 0 Å². The van der Waals surface area contributed by atoms with Crippen molar-refractivity contribution >= 4 is 0 Å². The molecule has 0 heterocycles. The summed E-state index contributed by atoms with van der Waals surface area (Å²) in [5.41, 5.74) is 1.32. The number of halogens is 4. The van der Waals surface area contributed by atoms with Crippen LogP contribution in [0.1, 0.15) is 62.3 Å². The molecule has 1 atom stereocenters. The van der Waals surface area contributed by atoms with Gasteiger partial charge < -0.3 is 0 Å². The first-order chi connectivity index (χ1) is 12.7. The lowest BCUT2D eigenvalue weighted by atomic mass is 9.92. The predicted molar refractivity (Wildman–Crippen MR) is 101 cm³/mol. The van der Waals surface area contributed by atoms with E-state index in [2.05, 4.69) is 20.8 Å². The van der Waals surface area contributed by atoms with Crippen LogP contribution in [0.2, 0.25) is 0 Å². The Morgan fingerprint density at radius 2 is 1.37 bits per heavy atom. The second kappa shape index (κ2) is 7.65. The van der Waals surface area contributed by atoms with Gasteiger partial charge >= 0.3 is 0 Å². The zero-order chi connectivity index (χ0) is 19.9. The molecule has 0 N–H and O–H groups in total. The summed E-state index contributed by atoms with van der Waals surface area (Å²) in [5.74, 6) is -3.02. The average molecular weight is 378 g/mol. The predicted octanol–water partition coefficient (Wildman–Crippen LogP) is 7.13. The molecule has 146 valence electrons. The zero-order valence-electron chi connectivity index (χ0n) is 16.4. The number of hydrogen-bond donors (Lipinski definition) is 0. The lowest BCUT2D eigenvalue weighted by Crippen LogP contribution is -2.04. The Morgan fingerprint density at radius 1 is 0.778 bits per heavy atom. The highest BCUT2D eigenvalue weighted by molar-refractivity contribution is 5.78. The summed E-state index contributed by atoms with van der Waals surface area (Å²) in [5, 5.41) is 0. The fraction of sp³-hybridized carbons (Fsp3) is 0.478. The van der Waals surface area contributed by atoms with Gasteiger partial charge in [-0.2, -0.15) is 0 Å². The number of rotatable bonds is 6. The third-order valence-corrected chi connectivity index (χ3v) is 5.61. The van der Waals surface area contributed by atoms with Crippen LogP contribution in [-0.4, -0.2) is 0 Å². The van der Waals surface area contributed by atoms with Crippen LogP contribution in [0.15, 0.2) is 12.1 Å². The molecule has 0 amide bonds. The maximum atomic E-state index is 14.8. The van der Waals surface area contributed by atoms with E-state index in [0.29, 0.717) is 41.4 Å². The molecular weight excluding hydrogens is 352 g/mol. The largest absolute Gasteiger partial charge is 0.203 e. The molecule has 0 bridgehead atoms. The van der Waals surface area contributed by atoms with Gasteiger partial charge in [0.25, 0.3) is 0 Å². The van der Waals surface area contributed by atoms with Crippen molar-refractivity contribution in [1.82, 2.24) is 0 Å². The maximum Gasteiger partial charge on any atom is 0.167 e. The van der Waals surface area contributed by atoms with E-state index in [1.807, 2.05) is 0 Å². The van der Waals surface area contributed by atoms with Gasteiger partial charge in [0, 0.05) is 11.1 Å².